The van der Waals surface area contributed by atoms with Crippen LogP contribution in [0, 0.1) is 31.6 Å². The molecule has 0 radical (unpaired) electrons. The molecule has 0 unspecified atom stereocenters. The van der Waals surface area contributed by atoms with Crippen LogP contribution >= 0.6 is 0 Å². The quantitative estimate of drug-likeness (QED) is 0.309. The molecule has 1 saturated heterocycles. The number of hydrogen-bond donors (Lipinski definition) is 0. The van der Waals surface area contributed by atoms with Crippen molar-refractivity contribution in [1.29, 1.82) is 0 Å². The van der Waals surface area contributed by atoms with Crippen LogP contribution in [0.15, 0.2) is 54.6 Å². The Kier molecular flexibility index (Phi) is 5.78. The maximum atomic E-state index is 12.9. The third kappa shape index (κ3) is 3.88. The van der Waals surface area contributed by atoms with E-state index >= 15 is 0 Å². The Morgan fingerprint density at radius 2 is 1.75 bits per heavy atom. The van der Waals surface area contributed by atoms with Crippen molar-refractivity contribution in [2.24, 2.45) is 17.8 Å². The molecule has 0 saturated carbocycles. The standard InChI is InChI=1S/C26H25NO5/c1-15-7-8-16(2)21(13-15)22(28)14-32-26(31)18-9-11-19(12-10-18)27-24(29)20-6-4-5-17(3)23(20)25(27)30/h4-5,7-13,17,20,23H,6,14H2,1-3H3/t17-,20-,23+/m0/s1. The van der Waals surface area contributed by atoms with Gasteiger partial charge in [-0.15, -0.1) is 0 Å². The molecule has 164 valence electrons. The van der Waals surface area contributed by atoms with Crippen LogP contribution < -0.4 is 4.90 Å². The fraction of sp³-hybridized carbons (Fsp3) is 0.308. The van der Waals surface area contributed by atoms with Gasteiger partial charge in [0.1, 0.15) is 0 Å². The van der Waals surface area contributed by atoms with Crippen LogP contribution in [0.4, 0.5) is 5.69 Å². The molecule has 2 amide bonds. The van der Waals surface area contributed by atoms with E-state index in [1.807, 2.05) is 45.1 Å². The van der Waals surface area contributed by atoms with Gasteiger partial charge in [0.05, 0.1) is 23.1 Å². The number of benzene rings is 2. The SMILES string of the molecule is Cc1ccc(C)c(C(=O)COC(=O)c2ccc(N3C(=O)[C@H]4[C@H](CC=C[C@@H]4C)C3=O)cc2)c1. The number of ether oxygens (including phenoxy) is 1. The fourth-order valence-electron chi connectivity index (χ4n) is 4.48. The fourth-order valence-corrected chi connectivity index (χ4v) is 4.48. The normalized spacial score (nSPS) is 22.1. The number of carbonyl (C=O) groups is 4. The van der Waals surface area contributed by atoms with Gasteiger partial charge in [-0.05, 0) is 62.1 Å². The van der Waals surface area contributed by atoms with Crippen molar-refractivity contribution in [3.63, 3.8) is 0 Å². The molecule has 1 fully saturated rings. The molecule has 0 bridgehead atoms. The molecule has 4 rings (SSSR count). The lowest BCUT2D eigenvalue weighted by molar-refractivity contribution is -0.122. The zero-order valence-electron chi connectivity index (χ0n) is 18.3. The topological polar surface area (TPSA) is 80.8 Å². The van der Waals surface area contributed by atoms with Gasteiger partial charge in [-0.1, -0.05) is 36.8 Å². The van der Waals surface area contributed by atoms with Gasteiger partial charge in [-0.3, -0.25) is 19.3 Å². The lowest BCUT2D eigenvalue weighted by Crippen LogP contribution is -2.31. The van der Waals surface area contributed by atoms with Crippen LogP contribution in [0.3, 0.4) is 0 Å². The summed E-state index contributed by atoms with van der Waals surface area (Å²) in [5.74, 6) is -1.97. The first kappa shape index (κ1) is 21.7. The molecule has 1 heterocycles. The number of amides is 2. The molecule has 2 aliphatic rings. The lowest BCUT2D eigenvalue weighted by atomic mass is 9.78. The van der Waals surface area contributed by atoms with Gasteiger partial charge in [0, 0.05) is 5.56 Å². The van der Waals surface area contributed by atoms with E-state index in [0.29, 0.717) is 17.7 Å². The molecule has 2 aromatic carbocycles. The largest absolute Gasteiger partial charge is 0.454 e. The van der Waals surface area contributed by atoms with Crippen LogP contribution in [-0.4, -0.2) is 30.2 Å². The van der Waals surface area contributed by atoms with Gasteiger partial charge in [0.25, 0.3) is 0 Å². The van der Waals surface area contributed by atoms with E-state index in [1.165, 1.54) is 17.0 Å². The molecule has 0 aromatic heterocycles. The summed E-state index contributed by atoms with van der Waals surface area (Å²) in [6.45, 7) is 5.32. The van der Waals surface area contributed by atoms with E-state index in [0.717, 1.165) is 11.1 Å². The molecule has 32 heavy (non-hydrogen) atoms. The predicted octanol–water partition coefficient (Wildman–Crippen LogP) is 4.04. The second-order valence-electron chi connectivity index (χ2n) is 8.53. The number of nitrogens with zero attached hydrogens (tertiary/aromatic N) is 1. The number of aryl methyl sites for hydroxylation is 2. The number of Topliss-reactive ketones (excluding diaryl/α,β-unsaturated/α-hetero) is 1. The first-order valence-electron chi connectivity index (χ1n) is 10.7. The summed E-state index contributed by atoms with van der Waals surface area (Å²) in [5.41, 5.74) is 2.99. The molecule has 1 aliphatic carbocycles. The van der Waals surface area contributed by atoms with E-state index in [1.54, 1.807) is 18.2 Å². The number of hydrogen-bond acceptors (Lipinski definition) is 5. The molecular weight excluding hydrogens is 406 g/mol. The molecular formula is C26H25NO5. The summed E-state index contributed by atoms with van der Waals surface area (Å²) in [6.07, 6.45) is 4.50. The number of fused-ring (bicyclic) bond motifs is 1. The Morgan fingerprint density at radius 1 is 1.03 bits per heavy atom. The minimum absolute atomic E-state index is 0.0130. The summed E-state index contributed by atoms with van der Waals surface area (Å²) in [7, 11) is 0. The smallest absolute Gasteiger partial charge is 0.338 e. The van der Waals surface area contributed by atoms with Crippen LogP contribution in [0.2, 0.25) is 0 Å². The van der Waals surface area contributed by atoms with Crippen molar-refractivity contribution in [3.05, 3.63) is 76.9 Å². The molecule has 2 aromatic rings. The van der Waals surface area contributed by atoms with Crippen molar-refractivity contribution < 1.29 is 23.9 Å². The molecule has 6 heteroatoms. The number of esters is 1. The number of anilines is 1. The monoisotopic (exact) mass is 431 g/mol. The van der Waals surface area contributed by atoms with Crippen molar-refractivity contribution in [2.45, 2.75) is 27.2 Å². The number of allylic oxidation sites excluding steroid dienone is 2. The van der Waals surface area contributed by atoms with Crippen LogP contribution in [0.1, 0.15) is 45.2 Å². The van der Waals surface area contributed by atoms with E-state index in [-0.39, 0.29) is 47.5 Å². The summed E-state index contributed by atoms with van der Waals surface area (Å²) < 4.78 is 5.19. The zero-order chi connectivity index (χ0) is 23.0. The van der Waals surface area contributed by atoms with E-state index < -0.39 is 5.97 Å². The van der Waals surface area contributed by atoms with Gasteiger partial charge in [-0.2, -0.15) is 0 Å². The minimum Gasteiger partial charge on any atom is -0.454 e. The first-order chi connectivity index (χ1) is 15.3. The highest BCUT2D eigenvalue weighted by Crippen LogP contribution is 2.40. The van der Waals surface area contributed by atoms with Crippen LogP contribution in [-0.2, 0) is 14.3 Å². The van der Waals surface area contributed by atoms with Crippen molar-refractivity contribution >= 4 is 29.3 Å². The Morgan fingerprint density at radius 3 is 2.44 bits per heavy atom. The van der Waals surface area contributed by atoms with Gasteiger partial charge in [-0.25, -0.2) is 4.79 Å². The molecule has 0 N–H and O–H groups in total. The summed E-state index contributed by atoms with van der Waals surface area (Å²) >= 11 is 0. The third-order valence-electron chi connectivity index (χ3n) is 6.26. The predicted molar refractivity (Wildman–Crippen MR) is 119 cm³/mol. The van der Waals surface area contributed by atoms with Gasteiger partial charge in [0.2, 0.25) is 17.6 Å². The van der Waals surface area contributed by atoms with E-state index in [9.17, 15) is 19.2 Å². The minimum atomic E-state index is -0.638. The Balaban J connectivity index is 1.43. The number of ketones is 1. The second-order valence-corrected chi connectivity index (χ2v) is 8.53. The number of rotatable bonds is 5. The lowest BCUT2D eigenvalue weighted by Gasteiger charge is -2.22. The third-order valence-corrected chi connectivity index (χ3v) is 6.26. The highest BCUT2D eigenvalue weighted by atomic mass is 16.5. The van der Waals surface area contributed by atoms with Crippen molar-refractivity contribution in [1.82, 2.24) is 0 Å². The first-order valence-corrected chi connectivity index (χ1v) is 10.7. The van der Waals surface area contributed by atoms with Crippen molar-refractivity contribution in [2.75, 3.05) is 11.5 Å². The number of carbonyl (C=O) groups excluding carboxylic acids is 4. The summed E-state index contributed by atoms with van der Waals surface area (Å²) in [6, 6.07) is 11.7. The zero-order valence-corrected chi connectivity index (χ0v) is 18.3. The maximum Gasteiger partial charge on any atom is 0.338 e. The summed E-state index contributed by atoms with van der Waals surface area (Å²) in [4.78, 5) is 51.8. The highest BCUT2D eigenvalue weighted by molar-refractivity contribution is 6.22. The average molecular weight is 431 g/mol. The maximum absolute atomic E-state index is 12.9. The Bertz CT molecular complexity index is 1130. The van der Waals surface area contributed by atoms with E-state index in [4.69, 9.17) is 4.74 Å². The Labute approximate surface area is 186 Å². The molecule has 3 atom stereocenters. The van der Waals surface area contributed by atoms with Crippen LogP contribution in [0.25, 0.3) is 0 Å². The van der Waals surface area contributed by atoms with Gasteiger partial charge < -0.3 is 4.74 Å². The van der Waals surface area contributed by atoms with Crippen LogP contribution in [0.5, 0.6) is 0 Å². The summed E-state index contributed by atoms with van der Waals surface area (Å²) in [5, 5.41) is 0. The van der Waals surface area contributed by atoms with Crippen molar-refractivity contribution in [3.8, 4) is 0 Å². The molecule has 0 spiro atoms. The molecule has 6 nitrogen and oxygen atoms in total. The highest BCUT2D eigenvalue weighted by Gasteiger charge is 2.50. The Hall–Kier alpha value is -3.54. The van der Waals surface area contributed by atoms with Gasteiger partial charge >= 0.3 is 5.97 Å². The van der Waals surface area contributed by atoms with Gasteiger partial charge in [0.15, 0.2) is 6.61 Å². The average Bonchev–Trinajstić information content (AvgIpc) is 3.04. The number of imide groups is 1. The second kappa shape index (κ2) is 8.54. The van der Waals surface area contributed by atoms with E-state index in [2.05, 4.69) is 0 Å². The molecule has 1 aliphatic heterocycles.